The molecule has 4 N–H and O–H groups in total. The van der Waals surface area contributed by atoms with Crippen molar-refractivity contribution in [2.24, 2.45) is 5.92 Å². The van der Waals surface area contributed by atoms with Crippen LogP contribution in [0.5, 0.6) is 0 Å². The number of nitrogens with zero attached hydrogens (tertiary/aromatic N) is 1. The first-order valence-corrected chi connectivity index (χ1v) is 7.02. The number of nitrogens with one attached hydrogen (secondary N) is 2. The minimum Gasteiger partial charge on any atom is -0.399 e. The van der Waals surface area contributed by atoms with Gasteiger partial charge in [0.15, 0.2) is 0 Å². The number of amides is 1. The maximum atomic E-state index is 12.0. The molecule has 0 saturated heterocycles. The smallest absolute Gasteiger partial charge is 0.267 e. The van der Waals surface area contributed by atoms with Crippen LogP contribution in [-0.4, -0.2) is 12.5 Å². The molecule has 1 aromatic carbocycles. The number of nitrogen functional groups attached to an aromatic ring is 1. The lowest BCUT2D eigenvalue weighted by atomic mass is 10.1. The summed E-state index contributed by atoms with van der Waals surface area (Å²) in [6, 6.07) is 6.61. The number of nitriles is 1. The molecule has 5 nitrogen and oxygen atoms in total. The molecule has 1 rings (SSSR count). The Balaban J connectivity index is 2.67. The topological polar surface area (TPSA) is 90.9 Å². The first kappa shape index (κ1) is 16.9. The minimum atomic E-state index is -0.513. The molecule has 112 valence electrons. The van der Waals surface area contributed by atoms with Gasteiger partial charge in [-0.3, -0.25) is 4.79 Å². The van der Waals surface area contributed by atoms with E-state index in [9.17, 15) is 4.79 Å². The maximum absolute atomic E-state index is 12.0. The zero-order chi connectivity index (χ0) is 15.8. The van der Waals surface area contributed by atoms with Gasteiger partial charge >= 0.3 is 0 Å². The van der Waals surface area contributed by atoms with Crippen LogP contribution in [-0.2, 0) is 4.79 Å². The highest BCUT2D eigenvalue weighted by Gasteiger charge is 2.11. The summed E-state index contributed by atoms with van der Waals surface area (Å²) in [7, 11) is 0. The number of anilines is 2. The second kappa shape index (κ2) is 8.18. The zero-order valence-electron chi connectivity index (χ0n) is 12.1. The van der Waals surface area contributed by atoms with Crippen molar-refractivity contribution in [2.75, 3.05) is 17.6 Å². The lowest BCUT2D eigenvalue weighted by molar-refractivity contribution is -0.112. The highest BCUT2D eigenvalue weighted by atomic mass is 35.5. The van der Waals surface area contributed by atoms with E-state index in [1.165, 1.54) is 12.3 Å². The van der Waals surface area contributed by atoms with Crippen molar-refractivity contribution in [1.29, 1.82) is 5.26 Å². The van der Waals surface area contributed by atoms with Crippen molar-refractivity contribution in [3.8, 4) is 6.07 Å². The Morgan fingerprint density at radius 3 is 2.81 bits per heavy atom. The Kier molecular flexibility index (Phi) is 6.57. The van der Waals surface area contributed by atoms with Crippen LogP contribution in [0, 0.1) is 17.2 Å². The molecule has 1 aromatic rings. The van der Waals surface area contributed by atoms with Crippen LogP contribution in [0.1, 0.15) is 20.3 Å². The van der Waals surface area contributed by atoms with Gasteiger partial charge in [-0.1, -0.05) is 25.4 Å². The lowest BCUT2D eigenvalue weighted by Gasteiger charge is -2.08. The van der Waals surface area contributed by atoms with Crippen molar-refractivity contribution >= 4 is 28.9 Å². The van der Waals surface area contributed by atoms with E-state index in [0.717, 1.165) is 6.42 Å². The molecule has 1 amide bonds. The van der Waals surface area contributed by atoms with Crippen LogP contribution in [0.15, 0.2) is 30.0 Å². The van der Waals surface area contributed by atoms with E-state index in [2.05, 4.69) is 24.5 Å². The summed E-state index contributed by atoms with van der Waals surface area (Å²) >= 11 is 5.97. The Morgan fingerprint density at radius 2 is 2.24 bits per heavy atom. The van der Waals surface area contributed by atoms with Crippen LogP contribution >= 0.6 is 11.6 Å². The number of carbonyl (C=O) groups excluding carboxylic acids is 1. The molecule has 0 aliphatic carbocycles. The van der Waals surface area contributed by atoms with Crippen LogP contribution in [0.3, 0.4) is 0 Å². The van der Waals surface area contributed by atoms with Gasteiger partial charge in [0.25, 0.3) is 5.91 Å². The molecular weight excluding hydrogens is 288 g/mol. The Bertz CT molecular complexity index is 576. The van der Waals surface area contributed by atoms with Crippen molar-refractivity contribution < 1.29 is 4.79 Å². The summed E-state index contributed by atoms with van der Waals surface area (Å²) in [6.07, 6.45) is 2.38. The third kappa shape index (κ3) is 5.76. The fraction of sp³-hybridized carbons (Fsp3) is 0.333. The Labute approximate surface area is 129 Å². The summed E-state index contributed by atoms with van der Waals surface area (Å²) < 4.78 is 0. The van der Waals surface area contributed by atoms with Gasteiger partial charge in [-0.2, -0.15) is 5.26 Å². The molecule has 0 atom stereocenters. The summed E-state index contributed by atoms with van der Waals surface area (Å²) in [5, 5.41) is 14.9. The number of nitrogens with two attached hydrogens (primary N) is 1. The van der Waals surface area contributed by atoms with Crippen molar-refractivity contribution in [3.05, 3.63) is 35.0 Å². The molecule has 21 heavy (non-hydrogen) atoms. The van der Waals surface area contributed by atoms with Gasteiger partial charge < -0.3 is 16.4 Å². The van der Waals surface area contributed by atoms with Gasteiger partial charge in [0.05, 0.1) is 10.7 Å². The van der Waals surface area contributed by atoms with E-state index >= 15 is 0 Å². The molecule has 0 aliphatic heterocycles. The first-order valence-electron chi connectivity index (χ1n) is 6.64. The van der Waals surface area contributed by atoms with Crippen molar-refractivity contribution in [2.45, 2.75) is 20.3 Å². The number of benzene rings is 1. The normalized spacial score (nSPS) is 11.1. The number of carbonyl (C=O) groups is 1. The fourth-order valence-corrected chi connectivity index (χ4v) is 1.75. The van der Waals surface area contributed by atoms with E-state index in [1.54, 1.807) is 12.1 Å². The number of hydrogen-bond donors (Lipinski definition) is 3. The average molecular weight is 307 g/mol. The van der Waals surface area contributed by atoms with E-state index in [-0.39, 0.29) is 5.57 Å². The quantitative estimate of drug-likeness (QED) is 0.326. The minimum absolute atomic E-state index is 0.00773. The second-order valence-electron chi connectivity index (χ2n) is 5.00. The molecule has 0 aliphatic rings. The summed E-state index contributed by atoms with van der Waals surface area (Å²) in [5.74, 6) is 0.0417. The van der Waals surface area contributed by atoms with Crippen LogP contribution < -0.4 is 16.4 Å². The predicted molar refractivity (Wildman–Crippen MR) is 85.6 cm³/mol. The van der Waals surface area contributed by atoms with Gasteiger partial charge in [-0.15, -0.1) is 0 Å². The Morgan fingerprint density at radius 1 is 1.52 bits per heavy atom. The zero-order valence-corrected chi connectivity index (χ0v) is 12.9. The fourth-order valence-electron chi connectivity index (χ4n) is 1.52. The summed E-state index contributed by atoms with van der Waals surface area (Å²) in [4.78, 5) is 12.0. The highest BCUT2D eigenvalue weighted by Crippen LogP contribution is 2.24. The van der Waals surface area contributed by atoms with E-state index in [4.69, 9.17) is 22.6 Å². The van der Waals surface area contributed by atoms with Crippen LogP contribution in [0.4, 0.5) is 11.4 Å². The summed E-state index contributed by atoms with van der Waals surface area (Å²) in [6.45, 7) is 4.91. The van der Waals surface area contributed by atoms with E-state index in [1.807, 2.05) is 6.07 Å². The molecule has 0 spiro atoms. The standard InChI is InChI=1S/C15H19ClN4O/c1-10(2)5-6-19-9-11(8-17)15(21)20-14-4-3-12(18)7-13(14)16/h3-4,7,9-10,19H,5-6,18H2,1-2H3,(H,20,21)/b11-9-. The highest BCUT2D eigenvalue weighted by molar-refractivity contribution is 6.34. The van der Waals surface area contributed by atoms with Gasteiger partial charge in [-0.25, -0.2) is 0 Å². The van der Waals surface area contributed by atoms with Gasteiger partial charge in [0.2, 0.25) is 0 Å². The molecular formula is C15H19ClN4O. The van der Waals surface area contributed by atoms with E-state index < -0.39 is 5.91 Å². The summed E-state index contributed by atoms with van der Waals surface area (Å²) in [5.41, 5.74) is 6.49. The monoisotopic (exact) mass is 306 g/mol. The SMILES string of the molecule is CC(C)CCN/C=C(/C#N)C(=O)Nc1ccc(N)cc1Cl. The van der Waals surface area contributed by atoms with Crippen LogP contribution in [0.25, 0.3) is 0 Å². The lowest BCUT2D eigenvalue weighted by Crippen LogP contribution is -2.18. The van der Waals surface area contributed by atoms with Gasteiger partial charge in [0, 0.05) is 18.4 Å². The van der Waals surface area contributed by atoms with Crippen molar-refractivity contribution in [3.63, 3.8) is 0 Å². The molecule has 0 fully saturated rings. The second-order valence-corrected chi connectivity index (χ2v) is 5.41. The predicted octanol–water partition coefficient (Wildman–Crippen LogP) is 2.90. The maximum Gasteiger partial charge on any atom is 0.267 e. The number of rotatable bonds is 6. The third-order valence-corrected chi connectivity index (χ3v) is 3.03. The van der Waals surface area contributed by atoms with Crippen molar-refractivity contribution in [1.82, 2.24) is 5.32 Å². The third-order valence-electron chi connectivity index (χ3n) is 2.72. The number of hydrogen-bond acceptors (Lipinski definition) is 4. The molecule has 0 radical (unpaired) electrons. The average Bonchev–Trinajstić information content (AvgIpc) is 2.41. The largest absolute Gasteiger partial charge is 0.399 e. The van der Waals surface area contributed by atoms with Gasteiger partial charge in [-0.05, 0) is 30.5 Å². The molecule has 6 heteroatoms. The van der Waals surface area contributed by atoms with E-state index in [0.29, 0.717) is 28.9 Å². The molecule has 0 aromatic heterocycles. The molecule has 0 heterocycles. The van der Waals surface area contributed by atoms with Crippen LogP contribution in [0.2, 0.25) is 5.02 Å². The molecule has 0 bridgehead atoms. The molecule has 0 saturated carbocycles. The first-order chi connectivity index (χ1) is 9.93. The molecule has 0 unspecified atom stereocenters. The number of halogens is 1. The Hall–Kier alpha value is -2.19. The van der Waals surface area contributed by atoms with Gasteiger partial charge in [0.1, 0.15) is 11.6 Å².